The summed E-state index contributed by atoms with van der Waals surface area (Å²) in [6, 6.07) is 10.8. The second-order valence-corrected chi connectivity index (χ2v) is 6.96. The molecule has 0 aliphatic carbocycles. The summed E-state index contributed by atoms with van der Waals surface area (Å²) in [6.07, 6.45) is 0. The number of carboxylic acids is 1. The normalized spacial score (nSPS) is 11.1. The maximum absolute atomic E-state index is 12.3. The van der Waals surface area contributed by atoms with Gasteiger partial charge in [-0.25, -0.2) is 13.2 Å². The van der Waals surface area contributed by atoms with E-state index >= 15 is 0 Å². The van der Waals surface area contributed by atoms with Crippen LogP contribution in [0.4, 0.5) is 5.69 Å². The number of carboxylic acid groups (broad SMARTS) is 1. The van der Waals surface area contributed by atoms with Gasteiger partial charge >= 0.3 is 5.97 Å². The van der Waals surface area contributed by atoms with E-state index in [-0.39, 0.29) is 10.5 Å². The molecule has 0 aromatic heterocycles. The fourth-order valence-corrected chi connectivity index (χ4v) is 3.25. The Kier molecular flexibility index (Phi) is 4.34. The SMILES string of the molecule is Cc1cccc(NS(=O)(=O)c2ccc(Br)c(C(=O)O)c2)c1. The molecule has 2 N–H and O–H groups in total. The molecule has 0 radical (unpaired) electrons. The first-order valence-electron chi connectivity index (χ1n) is 5.92. The number of anilines is 1. The van der Waals surface area contributed by atoms with Crippen molar-refractivity contribution in [2.75, 3.05) is 4.72 Å². The molecule has 0 saturated heterocycles. The summed E-state index contributed by atoms with van der Waals surface area (Å²) in [7, 11) is -3.84. The number of benzene rings is 2. The van der Waals surface area contributed by atoms with Crippen LogP contribution in [-0.4, -0.2) is 19.5 Å². The first kappa shape index (κ1) is 15.5. The minimum absolute atomic E-state index is 0.107. The number of hydrogen-bond acceptors (Lipinski definition) is 3. The molecule has 21 heavy (non-hydrogen) atoms. The lowest BCUT2D eigenvalue weighted by Crippen LogP contribution is -2.14. The van der Waals surface area contributed by atoms with Crippen molar-refractivity contribution in [3.63, 3.8) is 0 Å². The van der Waals surface area contributed by atoms with Crippen LogP contribution in [0.2, 0.25) is 0 Å². The molecular formula is C14H12BrNO4S. The Balaban J connectivity index is 2.40. The van der Waals surface area contributed by atoms with Gasteiger partial charge in [-0.2, -0.15) is 0 Å². The minimum Gasteiger partial charge on any atom is -0.478 e. The Bertz CT molecular complexity index is 802. The summed E-state index contributed by atoms with van der Waals surface area (Å²) in [6.45, 7) is 1.85. The van der Waals surface area contributed by atoms with E-state index < -0.39 is 16.0 Å². The average molecular weight is 370 g/mol. The molecule has 0 aliphatic rings. The Hall–Kier alpha value is -1.86. The van der Waals surface area contributed by atoms with Crippen molar-refractivity contribution in [2.24, 2.45) is 0 Å². The van der Waals surface area contributed by atoms with Gasteiger partial charge in [-0.05, 0) is 58.7 Å². The summed E-state index contributed by atoms with van der Waals surface area (Å²) < 4.78 is 27.3. The lowest BCUT2D eigenvalue weighted by molar-refractivity contribution is 0.0695. The molecule has 2 aromatic rings. The van der Waals surface area contributed by atoms with Gasteiger partial charge in [0.05, 0.1) is 10.5 Å². The smallest absolute Gasteiger partial charge is 0.336 e. The van der Waals surface area contributed by atoms with E-state index in [1.807, 2.05) is 13.0 Å². The van der Waals surface area contributed by atoms with Gasteiger partial charge in [-0.1, -0.05) is 12.1 Å². The number of halogens is 1. The van der Waals surface area contributed by atoms with Crippen molar-refractivity contribution in [2.45, 2.75) is 11.8 Å². The van der Waals surface area contributed by atoms with E-state index in [1.165, 1.54) is 12.1 Å². The maximum atomic E-state index is 12.3. The second-order valence-electron chi connectivity index (χ2n) is 4.42. The summed E-state index contributed by atoms with van der Waals surface area (Å²) in [5.74, 6) is -1.20. The standard InChI is InChI=1S/C14H12BrNO4S/c1-9-3-2-4-10(7-9)16-21(19,20)11-5-6-13(15)12(8-11)14(17)18/h2-8,16H,1H3,(H,17,18). The van der Waals surface area contributed by atoms with Crippen LogP contribution in [0.15, 0.2) is 51.8 Å². The van der Waals surface area contributed by atoms with Gasteiger partial charge in [0.15, 0.2) is 0 Å². The van der Waals surface area contributed by atoms with E-state index in [1.54, 1.807) is 18.2 Å². The molecule has 0 unspecified atom stereocenters. The van der Waals surface area contributed by atoms with E-state index in [4.69, 9.17) is 5.11 Å². The third-order valence-corrected chi connectivity index (χ3v) is 4.82. The summed E-state index contributed by atoms with van der Waals surface area (Å²) in [4.78, 5) is 11.0. The third-order valence-electron chi connectivity index (χ3n) is 2.75. The molecule has 0 amide bonds. The highest BCUT2D eigenvalue weighted by Gasteiger charge is 2.18. The number of hydrogen-bond donors (Lipinski definition) is 2. The minimum atomic E-state index is -3.84. The van der Waals surface area contributed by atoms with E-state index in [2.05, 4.69) is 20.7 Å². The summed E-state index contributed by atoms with van der Waals surface area (Å²) >= 11 is 3.08. The van der Waals surface area contributed by atoms with Gasteiger partial charge in [0.1, 0.15) is 0 Å². The highest BCUT2D eigenvalue weighted by Crippen LogP contribution is 2.23. The molecule has 0 bridgehead atoms. The highest BCUT2D eigenvalue weighted by atomic mass is 79.9. The van der Waals surface area contributed by atoms with Gasteiger partial charge in [-0.3, -0.25) is 4.72 Å². The van der Waals surface area contributed by atoms with Gasteiger partial charge < -0.3 is 5.11 Å². The number of carbonyl (C=O) groups is 1. The van der Waals surface area contributed by atoms with Gasteiger partial charge in [-0.15, -0.1) is 0 Å². The van der Waals surface area contributed by atoms with Crippen molar-refractivity contribution < 1.29 is 18.3 Å². The molecule has 0 fully saturated rings. The van der Waals surface area contributed by atoms with Crippen LogP contribution in [0.5, 0.6) is 0 Å². The Morgan fingerprint density at radius 2 is 1.90 bits per heavy atom. The van der Waals surface area contributed by atoms with E-state index in [0.29, 0.717) is 10.2 Å². The topological polar surface area (TPSA) is 83.5 Å². The van der Waals surface area contributed by atoms with Gasteiger partial charge in [0, 0.05) is 10.2 Å². The fraction of sp³-hybridized carbons (Fsp3) is 0.0714. The predicted octanol–water partition coefficient (Wildman–Crippen LogP) is 3.26. The maximum Gasteiger partial charge on any atom is 0.336 e. The van der Waals surface area contributed by atoms with Gasteiger partial charge in [0.2, 0.25) is 0 Å². The lowest BCUT2D eigenvalue weighted by Gasteiger charge is -2.10. The number of sulfonamides is 1. The molecule has 110 valence electrons. The molecule has 5 nitrogen and oxygen atoms in total. The quantitative estimate of drug-likeness (QED) is 0.866. The monoisotopic (exact) mass is 369 g/mol. The van der Waals surface area contributed by atoms with Gasteiger partial charge in [0.25, 0.3) is 10.0 Å². The van der Waals surface area contributed by atoms with Crippen molar-refractivity contribution in [3.8, 4) is 0 Å². The Morgan fingerprint density at radius 1 is 1.19 bits per heavy atom. The average Bonchev–Trinajstić information content (AvgIpc) is 2.38. The first-order valence-corrected chi connectivity index (χ1v) is 8.19. The first-order chi connectivity index (χ1) is 9.79. The largest absolute Gasteiger partial charge is 0.478 e. The number of rotatable bonds is 4. The molecular weight excluding hydrogens is 358 g/mol. The molecule has 0 aliphatic heterocycles. The zero-order valence-electron chi connectivity index (χ0n) is 11.0. The van der Waals surface area contributed by atoms with Crippen molar-refractivity contribution in [1.82, 2.24) is 0 Å². The summed E-state index contributed by atoms with van der Waals surface area (Å²) in [5.41, 5.74) is 1.23. The Labute approximate surface area is 130 Å². The van der Waals surface area contributed by atoms with Crippen LogP contribution in [0.1, 0.15) is 15.9 Å². The van der Waals surface area contributed by atoms with Crippen LogP contribution >= 0.6 is 15.9 Å². The van der Waals surface area contributed by atoms with Crippen LogP contribution < -0.4 is 4.72 Å². The molecule has 7 heteroatoms. The molecule has 2 aromatic carbocycles. The molecule has 0 atom stereocenters. The highest BCUT2D eigenvalue weighted by molar-refractivity contribution is 9.10. The second kappa shape index (κ2) is 5.87. The molecule has 0 heterocycles. The van der Waals surface area contributed by atoms with Crippen molar-refractivity contribution in [3.05, 3.63) is 58.1 Å². The fourth-order valence-electron chi connectivity index (χ4n) is 1.76. The predicted molar refractivity (Wildman–Crippen MR) is 83.1 cm³/mol. The van der Waals surface area contributed by atoms with Crippen LogP contribution in [0.3, 0.4) is 0 Å². The number of nitrogens with one attached hydrogen (secondary N) is 1. The Morgan fingerprint density at radius 3 is 2.52 bits per heavy atom. The van der Waals surface area contributed by atoms with Crippen LogP contribution in [-0.2, 0) is 10.0 Å². The zero-order chi connectivity index (χ0) is 15.6. The van der Waals surface area contributed by atoms with E-state index in [0.717, 1.165) is 11.6 Å². The van der Waals surface area contributed by atoms with Crippen molar-refractivity contribution in [1.29, 1.82) is 0 Å². The molecule has 0 spiro atoms. The summed E-state index contributed by atoms with van der Waals surface area (Å²) in [5, 5.41) is 9.04. The van der Waals surface area contributed by atoms with Crippen LogP contribution in [0.25, 0.3) is 0 Å². The van der Waals surface area contributed by atoms with Crippen molar-refractivity contribution >= 4 is 37.6 Å². The number of aryl methyl sites for hydroxylation is 1. The third kappa shape index (κ3) is 3.62. The molecule has 2 rings (SSSR count). The van der Waals surface area contributed by atoms with E-state index in [9.17, 15) is 13.2 Å². The van der Waals surface area contributed by atoms with Crippen LogP contribution in [0, 0.1) is 6.92 Å². The lowest BCUT2D eigenvalue weighted by atomic mass is 10.2. The molecule has 0 saturated carbocycles. The zero-order valence-corrected chi connectivity index (χ0v) is 13.4. The number of aromatic carboxylic acids is 1.